The third kappa shape index (κ3) is 3.61. The molecule has 2 aromatic carbocycles. The number of ether oxygens (including phenoxy) is 1. The summed E-state index contributed by atoms with van der Waals surface area (Å²) in [5.74, 6) is 0.735. The number of thioether (sulfide) groups is 1. The zero-order valence-electron chi connectivity index (χ0n) is 15.1. The van der Waals surface area contributed by atoms with Crippen molar-refractivity contribution >= 4 is 29.1 Å². The maximum atomic E-state index is 12.6. The summed E-state index contributed by atoms with van der Waals surface area (Å²) in [4.78, 5) is 24.1. The van der Waals surface area contributed by atoms with E-state index in [9.17, 15) is 9.59 Å². The number of nitrogens with one attached hydrogen (secondary N) is 1. The molecule has 1 amide bonds. The molecule has 9 heteroatoms. The number of rotatable bonds is 7. The van der Waals surface area contributed by atoms with Crippen molar-refractivity contribution < 1.29 is 14.3 Å². The molecule has 4 rings (SSSR count). The van der Waals surface area contributed by atoms with Crippen LogP contribution in [0.25, 0.3) is 5.69 Å². The fourth-order valence-electron chi connectivity index (χ4n) is 2.95. The van der Waals surface area contributed by atoms with Crippen LogP contribution >= 0.6 is 11.8 Å². The number of amides is 1. The normalized spacial score (nSPS) is 12.5. The Morgan fingerprint density at radius 2 is 2.14 bits per heavy atom. The van der Waals surface area contributed by atoms with Crippen molar-refractivity contribution in [3.63, 3.8) is 0 Å². The van der Waals surface area contributed by atoms with Crippen molar-refractivity contribution in [2.24, 2.45) is 0 Å². The average molecular weight is 395 g/mol. The molecule has 1 N–H and O–H groups in total. The number of anilines is 1. The van der Waals surface area contributed by atoms with Crippen molar-refractivity contribution in [3.05, 3.63) is 53.6 Å². The lowest BCUT2D eigenvalue weighted by molar-refractivity contribution is -0.115. The molecule has 1 aliphatic rings. The van der Waals surface area contributed by atoms with Gasteiger partial charge in [-0.15, -0.1) is 5.10 Å². The van der Waals surface area contributed by atoms with Gasteiger partial charge < -0.3 is 10.1 Å². The molecule has 0 radical (unpaired) electrons. The number of tetrazole rings is 1. The fourth-order valence-corrected chi connectivity index (χ4v) is 3.72. The van der Waals surface area contributed by atoms with E-state index in [1.165, 1.54) is 11.8 Å². The molecular weight excluding hydrogens is 378 g/mol. The first kappa shape index (κ1) is 18.2. The molecule has 142 valence electrons. The average Bonchev–Trinajstić information content (AvgIpc) is 3.31. The summed E-state index contributed by atoms with van der Waals surface area (Å²) >= 11 is 1.25. The number of fused-ring (bicyclic) bond motifs is 1. The number of para-hydroxylation sites is 2. The summed E-state index contributed by atoms with van der Waals surface area (Å²) in [5.41, 5.74) is 2.89. The van der Waals surface area contributed by atoms with Crippen LogP contribution in [-0.4, -0.2) is 44.3 Å². The Morgan fingerprint density at radius 1 is 1.29 bits per heavy atom. The molecule has 2 heterocycles. The van der Waals surface area contributed by atoms with Crippen LogP contribution in [0.2, 0.25) is 0 Å². The second kappa shape index (κ2) is 7.81. The van der Waals surface area contributed by atoms with Crippen molar-refractivity contribution in [1.82, 2.24) is 20.2 Å². The number of ketones is 1. The molecular formula is C19H17N5O3S. The van der Waals surface area contributed by atoms with E-state index in [4.69, 9.17) is 4.74 Å². The number of hydrogen-bond donors (Lipinski definition) is 1. The SMILES string of the molecule is CCOc1ccccc1-n1nnnc1SCC(=O)c1ccc2c(c1)CC(=O)N2. The van der Waals surface area contributed by atoms with Crippen molar-refractivity contribution in [1.29, 1.82) is 0 Å². The highest BCUT2D eigenvalue weighted by atomic mass is 32.2. The van der Waals surface area contributed by atoms with E-state index in [1.807, 2.05) is 31.2 Å². The highest BCUT2D eigenvalue weighted by molar-refractivity contribution is 7.99. The molecule has 0 atom stereocenters. The van der Waals surface area contributed by atoms with Gasteiger partial charge in [-0.2, -0.15) is 4.68 Å². The van der Waals surface area contributed by atoms with Gasteiger partial charge in [-0.3, -0.25) is 9.59 Å². The Kier molecular flexibility index (Phi) is 5.07. The van der Waals surface area contributed by atoms with Crippen LogP contribution in [0.15, 0.2) is 47.6 Å². The van der Waals surface area contributed by atoms with Gasteiger partial charge in [0.15, 0.2) is 5.78 Å². The quantitative estimate of drug-likeness (QED) is 0.485. The largest absolute Gasteiger partial charge is 0.492 e. The number of benzene rings is 2. The maximum Gasteiger partial charge on any atom is 0.228 e. The van der Waals surface area contributed by atoms with E-state index in [-0.39, 0.29) is 17.4 Å². The molecule has 0 bridgehead atoms. The summed E-state index contributed by atoms with van der Waals surface area (Å²) in [6.07, 6.45) is 0.302. The van der Waals surface area contributed by atoms with Crippen molar-refractivity contribution in [3.8, 4) is 11.4 Å². The monoisotopic (exact) mass is 395 g/mol. The summed E-state index contributed by atoms with van der Waals surface area (Å²) < 4.78 is 7.20. The van der Waals surface area contributed by atoms with Gasteiger partial charge in [0.05, 0.1) is 18.8 Å². The molecule has 0 aliphatic carbocycles. The molecule has 1 aliphatic heterocycles. The molecule has 8 nitrogen and oxygen atoms in total. The van der Waals surface area contributed by atoms with Crippen LogP contribution in [0, 0.1) is 0 Å². The lowest BCUT2D eigenvalue weighted by atomic mass is 10.1. The number of nitrogens with zero attached hydrogens (tertiary/aromatic N) is 4. The van der Waals surface area contributed by atoms with E-state index >= 15 is 0 Å². The standard InChI is InChI=1S/C19H17N5O3S/c1-2-27-17-6-4-3-5-15(17)24-19(21-22-23-24)28-11-16(25)12-7-8-14-13(9-12)10-18(26)20-14/h3-9H,2,10-11H2,1H3,(H,20,26). The summed E-state index contributed by atoms with van der Waals surface area (Å²) in [6.45, 7) is 2.43. The minimum Gasteiger partial charge on any atom is -0.492 e. The first-order valence-electron chi connectivity index (χ1n) is 8.75. The zero-order valence-corrected chi connectivity index (χ0v) is 15.9. The zero-order chi connectivity index (χ0) is 19.5. The number of Topliss-reactive ketones (excluding diaryl/α,β-unsaturated/α-hetero) is 1. The molecule has 3 aromatic rings. The summed E-state index contributed by atoms with van der Waals surface area (Å²) in [6, 6.07) is 12.7. The summed E-state index contributed by atoms with van der Waals surface area (Å²) in [5, 5.41) is 15.1. The topological polar surface area (TPSA) is 99.0 Å². The Hall–Kier alpha value is -3.20. The van der Waals surface area contributed by atoms with Crippen LogP contribution in [0.4, 0.5) is 5.69 Å². The van der Waals surface area contributed by atoms with Gasteiger partial charge in [0, 0.05) is 11.3 Å². The van der Waals surface area contributed by atoms with Gasteiger partial charge in [0.2, 0.25) is 11.1 Å². The molecule has 0 unspecified atom stereocenters. The van der Waals surface area contributed by atoms with Crippen LogP contribution in [-0.2, 0) is 11.2 Å². The van der Waals surface area contributed by atoms with E-state index in [2.05, 4.69) is 20.8 Å². The number of aromatic nitrogens is 4. The third-order valence-electron chi connectivity index (χ3n) is 4.22. The van der Waals surface area contributed by atoms with Crippen LogP contribution in [0.1, 0.15) is 22.8 Å². The number of hydrogen-bond acceptors (Lipinski definition) is 7. The Labute approximate surface area is 165 Å². The molecule has 1 aromatic heterocycles. The van der Waals surface area contributed by atoms with Crippen LogP contribution < -0.4 is 10.1 Å². The van der Waals surface area contributed by atoms with Crippen molar-refractivity contribution in [2.45, 2.75) is 18.5 Å². The first-order chi connectivity index (χ1) is 13.7. The molecule has 0 saturated heterocycles. The first-order valence-corrected chi connectivity index (χ1v) is 9.73. The van der Waals surface area contributed by atoms with E-state index in [1.54, 1.807) is 22.9 Å². The predicted octanol–water partition coefficient (Wildman–Crippen LogP) is 2.53. The Bertz CT molecular complexity index is 1050. The molecule has 28 heavy (non-hydrogen) atoms. The predicted molar refractivity (Wildman–Crippen MR) is 104 cm³/mol. The van der Waals surface area contributed by atoms with Gasteiger partial charge in [-0.25, -0.2) is 0 Å². The van der Waals surface area contributed by atoms with Crippen molar-refractivity contribution in [2.75, 3.05) is 17.7 Å². The fraction of sp³-hybridized carbons (Fsp3) is 0.211. The smallest absolute Gasteiger partial charge is 0.228 e. The van der Waals surface area contributed by atoms with Gasteiger partial charge in [0.25, 0.3) is 0 Å². The highest BCUT2D eigenvalue weighted by Gasteiger charge is 2.20. The highest BCUT2D eigenvalue weighted by Crippen LogP contribution is 2.27. The molecule has 0 saturated carbocycles. The van der Waals surface area contributed by atoms with Gasteiger partial charge in [-0.1, -0.05) is 23.9 Å². The van der Waals surface area contributed by atoms with Gasteiger partial charge in [-0.05, 0) is 53.2 Å². The second-order valence-corrected chi connectivity index (χ2v) is 7.03. The number of carbonyl (C=O) groups excluding carboxylic acids is 2. The van der Waals surface area contributed by atoms with E-state index in [0.717, 1.165) is 11.3 Å². The molecule has 0 fully saturated rings. The number of carbonyl (C=O) groups is 2. The third-order valence-corrected chi connectivity index (χ3v) is 5.14. The Morgan fingerprint density at radius 3 is 3.00 bits per heavy atom. The lowest BCUT2D eigenvalue weighted by Gasteiger charge is -2.10. The minimum absolute atomic E-state index is 0.0545. The van der Waals surface area contributed by atoms with Crippen LogP contribution in [0.5, 0.6) is 5.75 Å². The van der Waals surface area contributed by atoms with Gasteiger partial charge in [0.1, 0.15) is 11.4 Å². The molecule has 0 spiro atoms. The maximum absolute atomic E-state index is 12.6. The van der Waals surface area contributed by atoms with E-state index in [0.29, 0.717) is 35.2 Å². The summed E-state index contributed by atoms with van der Waals surface area (Å²) in [7, 11) is 0. The van der Waals surface area contributed by atoms with E-state index < -0.39 is 0 Å². The minimum atomic E-state index is -0.0557. The second-order valence-electron chi connectivity index (χ2n) is 6.08. The lowest BCUT2D eigenvalue weighted by Crippen LogP contribution is -2.06. The van der Waals surface area contributed by atoms with Crippen LogP contribution in [0.3, 0.4) is 0 Å². The Balaban J connectivity index is 1.50. The van der Waals surface area contributed by atoms with Gasteiger partial charge >= 0.3 is 0 Å².